The third kappa shape index (κ3) is 2.07. The Morgan fingerprint density at radius 1 is 0.559 bits per heavy atom. The zero-order valence-corrected chi connectivity index (χ0v) is 20.0. The molecule has 0 saturated carbocycles. The summed E-state index contributed by atoms with van der Waals surface area (Å²) in [6.45, 7) is 9.13. The Hall–Kier alpha value is -3.84. The molecule has 1 heteroatoms. The van der Waals surface area contributed by atoms with Crippen molar-refractivity contribution in [1.29, 1.82) is 0 Å². The van der Waals surface area contributed by atoms with Crippen molar-refractivity contribution in [1.82, 2.24) is 4.40 Å². The van der Waals surface area contributed by atoms with E-state index < -0.39 is 0 Å². The average Bonchev–Trinajstić information content (AvgIpc) is 3.39. The van der Waals surface area contributed by atoms with Crippen molar-refractivity contribution < 1.29 is 0 Å². The summed E-state index contributed by atoms with van der Waals surface area (Å²) in [4.78, 5) is 0. The van der Waals surface area contributed by atoms with Crippen LogP contribution in [0.5, 0.6) is 0 Å². The molecule has 0 bridgehead atoms. The molecule has 0 fully saturated rings. The van der Waals surface area contributed by atoms with E-state index in [0.29, 0.717) is 0 Å². The fourth-order valence-corrected chi connectivity index (χ4v) is 6.68. The van der Waals surface area contributed by atoms with E-state index >= 15 is 0 Å². The van der Waals surface area contributed by atoms with Crippen LogP contribution in [-0.2, 0) is 5.41 Å². The summed E-state index contributed by atoms with van der Waals surface area (Å²) < 4.78 is 2.50. The van der Waals surface area contributed by atoms with Crippen molar-refractivity contribution in [3.05, 3.63) is 101 Å². The van der Waals surface area contributed by atoms with Gasteiger partial charge in [-0.25, -0.2) is 0 Å². The molecule has 7 aromatic rings. The maximum Gasteiger partial charge on any atom is 0.0620 e. The van der Waals surface area contributed by atoms with E-state index in [1.54, 1.807) is 0 Å². The molecule has 0 N–H and O–H groups in total. The van der Waals surface area contributed by atoms with Gasteiger partial charge >= 0.3 is 0 Å². The largest absolute Gasteiger partial charge is 0.308 e. The van der Waals surface area contributed by atoms with E-state index in [4.69, 9.17) is 0 Å². The quantitative estimate of drug-likeness (QED) is 0.224. The van der Waals surface area contributed by atoms with E-state index in [1.807, 2.05) is 0 Å². The summed E-state index contributed by atoms with van der Waals surface area (Å²) in [6.07, 6.45) is 0. The van der Waals surface area contributed by atoms with Crippen molar-refractivity contribution in [2.75, 3.05) is 0 Å². The molecule has 162 valence electrons. The molecule has 2 aromatic heterocycles. The molecule has 0 radical (unpaired) electrons. The lowest BCUT2D eigenvalue weighted by atomic mass is 9.81. The Morgan fingerprint density at radius 3 is 2.09 bits per heavy atom. The summed E-state index contributed by atoms with van der Waals surface area (Å²) in [5.74, 6) is 0. The van der Waals surface area contributed by atoms with Gasteiger partial charge < -0.3 is 4.40 Å². The standard InChI is InChI=1S/C33H25N/c1-18-8-10-22-26-14-21-17-31-27(15-20(21)16-29(26)33(3,4)28(22)12-18)25-7-5-6-24-23-11-9-19(2)13-30(23)34(31)32(24)25/h5-17H,1-4H3. The molecule has 0 aliphatic heterocycles. The van der Waals surface area contributed by atoms with Crippen LogP contribution in [0.2, 0.25) is 0 Å². The van der Waals surface area contributed by atoms with Crippen LogP contribution in [-0.4, -0.2) is 4.40 Å². The predicted octanol–water partition coefficient (Wildman–Crippen LogP) is 8.91. The van der Waals surface area contributed by atoms with Gasteiger partial charge in [0.05, 0.1) is 16.6 Å². The number of hydrogen-bond donors (Lipinski definition) is 0. The zero-order chi connectivity index (χ0) is 22.9. The SMILES string of the molecule is Cc1ccc2c(c1)C(C)(C)c1cc3cc4c5cccc6c7ccc(C)cc7n(c4cc3cc1-2)c65. The third-order valence-corrected chi connectivity index (χ3v) is 8.38. The summed E-state index contributed by atoms with van der Waals surface area (Å²) >= 11 is 0. The molecule has 1 aliphatic carbocycles. The lowest BCUT2D eigenvalue weighted by Gasteiger charge is -2.22. The highest BCUT2D eigenvalue weighted by Gasteiger charge is 2.35. The number of aryl methyl sites for hydroxylation is 2. The molecule has 2 heterocycles. The molecule has 34 heavy (non-hydrogen) atoms. The summed E-state index contributed by atoms with van der Waals surface area (Å²) in [5, 5.41) is 8.03. The number of nitrogens with zero attached hydrogens (tertiary/aromatic N) is 1. The van der Waals surface area contributed by atoms with Gasteiger partial charge in [-0.05, 0) is 82.8 Å². The highest BCUT2D eigenvalue weighted by Crippen LogP contribution is 2.50. The second kappa shape index (κ2) is 5.80. The lowest BCUT2D eigenvalue weighted by molar-refractivity contribution is 0.660. The van der Waals surface area contributed by atoms with Crippen LogP contribution in [0.25, 0.3) is 60.0 Å². The molecule has 0 amide bonds. The highest BCUT2D eigenvalue weighted by atomic mass is 14.9. The van der Waals surface area contributed by atoms with Crippen LogP contribution in [0.4, 0.5) is 0 Å². The van der Waals surface area contributed by atoms with E-state index in [2.05, 4.69) is 111 Å². The number of rotatable bonds is 0. The first-order valence-corrected chi connectivity index (χ1v) is 12.2. The van der Waals surface area contributed by atoms with Gasteiger partial charge in [-0.3, -0.25) is 0 Å². The molecule has 1 aliphatic rings. The third-order valence-electron chi connectivity index (χ3n) is 8.38. The molecule has 0 spiro atoms. The Morgan fingerprint density at radius 2 is 1.24 bits per heavy atom. The smallest absolute Gasteiger partial charge is 0.0620 e. The molecule has 0 atom stereocenters. The van der Waals surface area contributed by atoms with Crippen molar-refractivity contribution in [2.45, 2.75) is 33.1 Å². The van der Waals surface area contributed by atoms with E-state index in [0.717, 1.165) is 0 Å². The molecular formula is C33H25N. The average molecular weight is 436 g/mol. The zero-order valence-electron chi connectivity index (χ0n) is 20.0. The first kappa shape index (κ1) is 18.6. The summed E-state index contributed by atoms with van der Waals surface area (Å²) in [6, 6.07) is 30.3. The predicted molar refractivity (Wildman–Crippen MR) is 146 cm³/mol. The monoisotopic (exact) mass is 435 g/mol. The molecular weight excluding hydrogens is 410 g/mol. The van der Waals surface area contributed by atoms with E-state index in [1.165, 1.54) is 82.2 Å². The molecule has 8 rings (SSSR count). The van der Waals surface area contributed by atoms with E-state index in [9.17, 15) is 0 Å². The number of para-hydroxylation sites is 1. The van der Waals surface area contributed by atoms with Gasteiger partial charge in [0, 0.05) is 27.0 Å². The minimum atomic E-state index is 0.0168. The summed E-state index contributed by atoms with van der Waals surface area (Å²) in [7, 11) is 0. The second-order valence-corrected chi connectivity index (χ2v) is 10.8. The Kier molecular flexibility index (Phi) is 3.17. The maximum absolute atomic E-state index is 2.50. The van der Waals surface area contributed by atoms with Crippen LogP contribution >= 0.6 is 0 Å². The Labute approximate surface area is 198 Å². The van der Waals surface area contributed by atoms with Crippen LogP contribution in [0, 0.1) is 13.8 Å². The van der Waals surface area contributed by atoms with Crippen LogP contribution in [0.15, 0.2) is 78.9 Å². The molecule has 0 saturated heterocycles. The fourth-order valence-electron chi connectivity index (χ4n) is 6.68. The van der Waals surface area contributed by atoms with Gasteiger partial charge in [0.2, 0.25) is 0 Å². The van der Waals surface area contributed by atoms with E-state index in [-0.39, 0.29) is 5.41 Å². The van der Waals surface area contributed by atoms with Gasteiger partial charge in [0.15, 0.2) is 0 Å². The molecule has 1 nitrogen and oxygen atoms in total. The highest BCUT2D eigenvalue weighted by molar-refractivity contribution is 6.24. The van der Waals surface area contributed by atoms with Gasteiger partial charge in [-0.15, -0.1) is 0 Å². The number of fused-ring (bicyclic) bond motifs is 10. The minimum absolute atomic E-state index is 0.0168. The van der Waals surface area contributed by atoms with Crippen molar-refractivity contribution in [2.24, 2.45) is 0 Å². The van der Waals surface area contributed by atoms with Crippen LogP contribution < -0.4 is 0 Å². The van der Waals surface area contributed by atoms with Crippen LogP contribution in [0.1, 0.15) is 36.1 Å². The normalized spacial score (nSPS) is 14.7. The number of benzene rings is 5. The lowest BCUT2D eigenvalue weighted by Crippen LogP contribution is -2.15. The Balaban J connectivity index is 1.54. The Bertz CT molecular complexity index is 2000. The second-order valence-electron chi connectivity index (χ2n) is 10.8. The van der Waals surface area contributed by atoms with Gasteiger partial charge in [-0.2, -0.15) is 0 Å². The fraction of sp³-hybridized carbons (Fsp3) is 0.152. The van der Waals surface area contributed by atoms with Crippen molar-refractivity contribution in [3.8, 4) is 11.1 Å². The first-order chi connectivity index (χ1) is 16.4. The van der Waals surface area contributed by atoms with Crippen LogP contribution in [0.3, 0.4) is 0 Å². The van der Waals surface area contributed by atoms with Gasteiger partial charge in [0.1, 0.15) is 0 Å². The molecule has 0 unspecified atom stereocenters. The van der Waals surface area contributed by atoms with Crippen molar-refractivity contribution >= 4 is 48.9 Å². The first-order valence-electron chi connectivity index (χ1n) is 12.2. The number of hydrogen-bond acceptors (Lipinski definition) is 0. The van der Waals surface area contributed by atoms with Gasteiger partial charge in [-0.1, -0.05) is 67.9 Å². The van der Waals surface area contributed by atoms with Gasteiger partial charge in [0.25, 0.3) is 0 Å². The summed E-state index contributed by atoms with van der Waals surface area (Å²) in [5.41, 5.74) is 12.3. The van der Waals surface area contributed by atoms with Crippen molar-refractivity contribution in [3.63, 3.8) is 0 Å². The molecule has 5 aromatic carbocycles. The topological polar surface area (TPSA) is 4.41 Å². The maximum atomic E-state index is 2.50. The minimum Gasteiger partial charge on any atom is -0.308 e. The number of aromatic nitrogens is 1.